The Kier molecular flexibility index (Phi) is 5.14. The quantitative estimate of drug-likeness (QED) is 0.670. The Labute approximate surface area is 124 Å². The molecule has 7 heteroatoms. The van der Waals surface area contributed by atoms with E-state index in [1.807, 2.05) is 35.7 Å². The highest BCUT2D eigenvalue weighted by Gasteiger charge is 2.07. The van der Waals surface area contributed by atoms with Crippen molar-refractivity contribution in [2.45, 2.75) is 11.3 Å². The first-order valence-electron chi connectivity index (χ1n) is 5.84. The van der Waals surface area contributed by atoms with Crippen molar-refractivity contribution < 1.29 is 9.59 Å². The Morgan fingerprint density at radius 3 is 2.70 bits per heavy atom. The number of nitrogens with one attached hydrogen (secondary N) is 2. The highest BCUT2D eigenvalue weighted by atomic mass is 32.2. The van der Waals surface area contributed by atoms with Crippen LogP contribution in [0.2, 0.25) is 0 Å². The van der Waals surface area contributed by atoms with Crippen LogP contribution in [0, 0.1) is 0 Å². The van der Waals surface area contributed by atoms with Gasteiger partial charge in [0.1, 0.15) is 0 Å². The van der Waals surface area contributed by atoms with Crippen molar-refractivity contribution in [2.75, 3.05) is 5.75 Å². The number of hydrogen-bond acceptors (Lipinski definition) is 5. The third-order valence-electron chi connectivity index (χ3n) is 2.26. The first-order valence-corrected chi connectivity index (χ1v) is 7.71. The van der Waals surface area contributed by atoms with Gasteiger partial charge in [-0.1, -0.05) is 42.1 Å². The van der Waals surface area contributed by atoms with E-state index < -0.39 is 0 Å². The zero-order valence-corrected chi connectivity index (χ0v) is 12.4. The molecule has 2 N–H and O–H groups in total. The molecule has 0 aliphatic heterocycles. The van der Waals surface area contributed by atoms with Crippen LogP contribution in [0.4, 0.5) is 0 Å². The molecule has 2 rings (SSSR count). The Morgan fingerprint density at radius 1 is 1.25 bits per heavy atom. The Morgan fingerprint density at radius 2 is 2.00 bits per heavy atom. The number of carbonyl (C=O) groups excluding carboxylic acids is 2. The van der Waals surface area contributed by atoms with Crippen molar-refractivity contribution in [1.82, 2.24) is 15.8 Å². The van der Waals surface area contributed by atoms with Crippen LogP contribution >= 0.6 is 23.1 Å². The van der Waals surface area contributed by atoms with Gasteiger partial charge >= 0.3 is 0 Å². The second-order valence-electron chi connectivity index (χ2n) is 3.88. The summed E-state index contributed by atoms with van der Waals surface area (Å²) in [5.74, 6) is -0.354. The molecule has 0 bridgehead atoms. The van der Waals surface area contributed by atoms with Gasteiger partial charge in [-0.15, -0.1) is 11.3 Å². The van der Waals surface area contributed by atoms with E-state index in [4.69, 9.17) is 0 Å². The number of hydrazine groups is 1. The highest BCUT2D eigenvalue weighted by molar-refractivity contribution is 8.01. The van der Waals surface area contributed by atoms with Crippen LogP contribution < -0.4 is 10.9 Å². The SMILES string of the molecule is CC(=O)NNC(=O)CSc1nc(-c2ccccc2)cs1. The molecular formula is C13H13N3O2S2. The van der Waals surface area contributed by atoms with Gasteiger partial charge in [0, 0.05) is 17.9 Å². The lowest BCUT2D eigenvalue weighted by atomic mass is 10.2. The number of nitrogens with zero attached hydrogens (tertiary/aromatic N) is 1. The van der Waals surface area contributed by atoms with E-state index in [0.717, 1.165) is 15.6 Å². The van der Waals surface area contributed by atoms with Gasteiger partial charge in [0.05, 0.1) is 11.4 Å². The summed E-state index contributed by atoms with van der Waals surface area (Å²) >= 11 is 2.84. The van der Waals surface area contributed by atoms with Gasteiger partial charge in [0.15, 0.2) is 4.34 Å². The van der Waals surface area contributed by atoms with Gasteiger partial charge < -0.3 is 0 Å². The normalized spacial score (nSPS) is 10.1. The standard InChI is InChI=1S/C13H13N3O2S2/c1-9(17)15-16-12(18)8-20-13-14-11(7-19-13)10-5-3-2-4-6-10/h2-7H,8H2,1H3,(H,15,17)(H,16,18). The molecule has 1 aromatic carbocycles. The molecule has 0 radical (unpaired) electrons. The van der Waals surface area contributed by atoms with Crippen LogP contribution in [-0.4, -0.2) is 22.6 Å². The molecule has 0 unspecified atom stereocenters. The molecule has 2 amide bonds. The number of thiazole rings is 1. The third-order valence-corrected chi connectivity index (χ3v) is 4.28. The van der Waals surface area contributed by atoms with Crippen LogP contribution in [0.3, 0.4) is 0 Å². The summed E-state index contributed by atoms with van der Waals surface area (Å²) in [6, 6.07) is 9.86. The molecule has 2 aromatic rings. The van der Waals surface area contributed by atoms with Gasteiger partial charge in [-0.2, -0.15) is 0 Å². The molecule has 0 saturated carbocycles. The largest absolute Gasteiger partial charge is 0.274 e. The maximum atomic E-state index is 11.4. The lowest BCUT2D eigenvalue weighted by molar-refractivity contribution is -0.126. The first kappa shape index (κ1) is 14.5. The summed E-state index contributed by atoms with van der Waals surface area (Å²) in [4.78, 5) is 26.5. The molecule has 0 atom stereocenters. The lowest BCUT2D eigenvalue weighted by Gasteiger charge is -2.03. The summed E-state index contributed by atoms with van der Waals surface area (Å²) in [6.45, 7) is 1.33. The molecule has 5 nitrogen and oxygen atoms in total. The van der Waals surface area contributed by atoms with E-state index in [1.165, 1.54) is 30.0 Å². The third kappa shape index (κ3) is 4.36. The van der Waals surface area contributed by atoms with Crippen molar-refractivity contribution >= 4 is 34.9 Å². The number of aromatic nitrogens is 1. The molecule has 0 spiro atoms. The summed E-state index contributed by atoms with van der Waals surface area (Å²) in [5, 5.41) is 1.96. The number of thioether (sulfide) groups is 1. The summed E-state index contributed by atoms with van der Waals surface area (Å²) in [7, 11) is 0. The Hall–Kier alpha value is -1.86. The topological polar surface area (TPSA) is 71.1 Å². The first-order chi connectivity index (χ1) is 9.65. The second kappa shape index (κ2) is 7.06. The van der Waals surface area contributed by atoms with Crippen LogP contribution in [-0.2, 0) is 9.59 Å². The molecule has 1 aromatic heterocycles. The predicted molar refractivity (Wildman–Crippen MR) is 80.2 cm³/mol. The van der Waals surface area contributed by atoms with Gasteiger partial charge in [0.2, 0.25) is 11.8 Å². The van der Waals surface area contributed by atoms with Crippen LogP contribution in [0.25, 0.3) is 11.3 Å². The minimum absolute atomic E-state index is 0.210. The van der Waals surface area contributed by atoms with Crippen molar-refractivity contribution in [3.8, 4) is 11.3 Å². The van der Waals surface area contributed by atoms with Crippen LogP contribution in [0.1, 0.15) is 6.92 Å². The molecule has 0 fully saturated rings. The van der Waals surface area contributed by atoms with E-state index in [9.17, 15) is 9.59 Å². The fraction of sp³-hybridized carbons (Fsp3) is 0.154. The molecule has 0 aliphatic rings. The predicted octanol–water partition coefficient (Wildman–Crippen LogP) is 2.07. The average molecular weight is 307 g/mol. The minimum atomic E-state index is -0.302. The highest BCUT2D eigenvalue weighted by Crippen LogP contribution is 2.27. The maximum absolute atomic E-state index is 11.4. The van der Waals surface area contributed by atoms with Gasteiger partial charge in [-0.3, -0.25) is 20.4 Å². The molecule has 1 heterocycles. The van der Waals surface area contributed by atoms with Crippen molar-refractivity contribution in [2.24, 2.45) is 0 Å². The Bertz CT molecular complexity index is 599. The zero-order chi connectivity index (χ0) is 14.4. The molecular weight excluding hydrogens is 294 g/mol. The number of rotatable bonds is 4. The van der Waals surface area contributed by atoms with Crippen molar-refractivity contribution in [3.05, 3.63) is 35.7 Å². The summed E-state index contributed by atoms with van der Waals surface area (Å²) in [6.07, 6.45) is 0. The van der Waals surface area contributed by atoms with Gasteiger partial charge in [-0.25, -0.2) is 4.98 Å². The molecule has 0 saturated heterocycles. The monoisotopic (exact) mass is 307 g/mol. The number of benzene rings is 1. The van der Waals surface area contributed by atoms with E-state index in [1.54, 1.807) is 0 Å². The Balaban J connectivity index is 1.87. The zero-order valence-electron chi connectivity index (χ0n) is 10.8. The van der Waals surface area contributed by atoms with Gasteiger partial charge in [0.25, 0.3) is 0 Å². The van der Waals surface area contributed by atoms with E-state index in [-0.39, 0.29) is 17.6 Å². The number of amides is 2. The number of carbonyl (C=O) groups is 2. The number of hydrogen-bond donors (Lipinski definition) is 2. The van der Waals surface area contributed by atoms with Crippen molar-refractivity contribution in [1.29, 1.82) is 0 Å². The smallest absolute Gasteiger partial charge is 0.248 e. The van der Waals surface area contributed by atoms with Gasteiger partial charge in [-0.05, 0) is 0 Å². The average Bonchev–Trinajstić information content (AvgIpc) is 2.93. The van der Waals surface area contributed by atoms with E-state index >= 15 is 0 Å². The van der Waals surface area contributed by atoms with E-state index in [2.05, 4.69) is 15.8 Å². The fourth-order valence-corrected chi connectivity index (χ4v) is 3.02. The van der Waals surface area contributed by atoms with E-state index in [0.29, 0.717) is 0 Å². The van der Waals surface area contributed by atoms with Crippen LogP contribution in [0.15, 0.2) is 40.1 Å². The van der Waals surface area contributed by atoms with Crippen LogP contribution in [0.5, 0.6) is 0 Å². The molecule has 20 heavy (non-hydrogen) atoms. The summed E-state index contributed by atoms with van der Waals surface area (Å²) < 4.78 is 0.821. The van der Waals surface area contributed by atoms with Crippen molar-refractivity contribution in [3.63, 3.8) is 0 Å². The maximum Gasteiger partial charge on any atom is 0.248 e. The minimum Gasteiger partial charge on any atom is -0.274 e. The fourth-order valence-electron chi connectivity index (χ4n) is 1.39. The summed E-state index contributed by atoms with van der Waals surface area (Å²) in [5.41, 5.74) is 6.51. The molecule has 104 valence electrons. The lowest BCUT2D eigenvalue weighted by Crippen LogP contribution is -2.41. The second-order valence-corrected chi connectivity index (χ2v) is 5.96. The molecule has 0 aliphatic carbocycles.